The van der Waals surface area contributed by atoms with Gasteiger partial charge in [0, 0.05) is 6.04 Å². The van der Waals surface area contributed by atoms with Crippen LogP contribution in [0.4, 0.5) is 10.1 Å². The van der Waals surface area contributed by atoms with Crippen LogP contribution in [0.25, 0.3) is 0 Å². The summed E-state index contributed by atoms with van der Waals surface area (Å²) in [7, 11) is 1.27. The van der Waals surface area contributed by atoms with E-state index in [9.17, 15) is 9.18 Å². The van der Waals surface area contributed by atoms with Gasteiger partial charge in [0.25, 0.3) is 0 Å². The Morgan fingerprint density at radius 2 is 2.35 bits per heavy atom. The van der Waals surface area contributed by atoms with E-state index in [1.807, 2.05) is 0 Å². The highest BCUT2D eigenvalue weighted by Gasteiger charge is 2.22. The van der Waals surface area contributed by atoms with Crippen LogP contribution in [0.15, 0.2) is 12.1 Å². The fraction of sp³-hybridized carbons (Fsp3) is 0.417. The summed E-state index contributed by atoms with van der Waals surface area (Å²) in [5.41, 5.74) is 6.65. The normalized spacial score (nSPS) is 19.3. The third-order valence-electron chi connectivity index (χ3n) is 3.02. The van der Waals surface area contributed by atoms with E-state index in [1.165, 1.54) is 7.11 Å². The minimum Gasteiger partial charge on any atom is -0.465 e. The van der Waals surface area contributed by atoms with Crippen molar-refractivity contribution in [2.45, 2.75) is 18.9 Å². The van der Waals surface area contributed by atoms with Gasteiger partial charge in [0.2, 0.25) is 0 Å². The first-order chi connectivity index (χ1) is 8.13. The molecule has 1 aromatic rings. The van der Waals surface area contributed by atoms with Crippen LogP contribution in [0, 0.1) is 5.82 Å². The van der Waals surface area contributed by atoms with E-state index in [1.54, 1.807) is 6.07 Å². The molecule has 1 aliphatic heterocycles. The van der Waals surface area contributed by atoms with Crippen molar-refractivity contribution in [2.75, 3.05) is 19.4 Å². The van der Waals surface area contributed by atoms with Gasteiger partial charge in [-0.15, -0.1) is 0 Å². The summed E-state index contributed by atoms with van der Waals surface area (Å²) in [5, 5.41) is 3.23. The summed E-state index contributed by atoms with van der Waals surface area (Å²) >= 11 is 0. The number of carbonyl (C=O) groups is 1. The molecule has 4 nitrogen and oxygen atoms in total. The van der Waals surface area contributed by atoms with Crippen LogP contribution in [0.1, 0.15) is 34.8 Å². The van der Waals surface area contributed by atoms with E-state index in [0.29, 0.717) is 5.56 Å². The maximum atomic E-state index is 13.6. The number of ether oxygens (including phenoxy) is 1. The molecule has 3 N–H and O–H groups in total. The Morgan fingerprint density at radius 3 is 2.94 bits per heavy atom. The third kappa shape index (κ3) is 2.24. The van der Waals surface area contributed by atoms with E-state index in [-0.39, 0.29) is 17.3 Å². The average Bonchev–Trinajstić information content (AvgIpc) is 2.85. The first kappa shape index (κ1) is 11.9. The number of esters is 1. The molecule has 1 aliphatic rings. The highest BCUT2D eigenvalue weighted by atomic mass is 19.1. The number of nitrogen functional groups attached to an aromatic ring is 1. The lowest BCUT2D eigenvalue weighted by Crippen LogP contribution is -2.16. The average molecular weight is 238 g/mol. The van der Waals surface area contributed by atoms with Gasteiger partial charge >= 0.3 is 5.97 Å². The number of rotatable bonds is 2. The van der Waals surface area contributed by atoms with Crippen molar-refractivity contribution >= 4 is 11.7 Å². The van der Waals surface area contributed by atoms with Gasteiger partial charge in [0.05, 0.1) is 18.4 Å². The molecule has 0 bridgehead atoms. The fourth-order valence-electron chi connectivity index (χ4n) is 2.11. The maximum Gasteiger partial charge on any atom is 0.337 e. The molecule has 2 rings (SSSR count). The van der Waals surface area contributed by atoms with Crippen LogP contribution in [0.5, 0.6) is 0 Å². The van der Waals surface area contributed by atoms with Crippen molar-refractivity contribution in [1.82, 2.24) is 5.32 Å². The van der Waals surface area contributed by atoms with Gasteiger partial charge < -0.3 is 15.8 Å². The molecule has 0 spiro atoms. The summed E-state index contributed by atoms with van der Waals surface area (Å²) < 4.78 is 18.2. The number of methoxy groups -OCH3 is 1. The van der Waals surface area contributed by atoms with Crippen molar-refractivity contribution in [3.8, 4) is 0 Å². The Bertz CT molecular complexity index is 442. The summed E-state index contributed by atoms with van der Waals surface area (Å²) in [6.07, 6.45) is 1.92. The second-order valence-corrected chi connectivity index (χ2v) is 4.10. The summed E-state index contributed by atoms with van der Waals surface area (Å²) in [6, 6.07) is 2.74. The number of anilines is 1. The molecule has 0 saturated carbocycles. The van der Waals surface area contributed by atoms with Crippen molar-refractivity contribution in [2.24, 2.45) is 0 Å². The van der Waals surface area contributed by atoms with Crippen LogP contribution in [0.3, 0.4) is 0 Å². The highest BCUT2D eigenvalue weighted by Crippen LogP contribution is 2.30. The lowest BCUT2D eigenvalue weighted by Gasteiger charge is -2.15. The molecule has 17 heavy (non-hydrogen) atoms. The SMILES string of the molecule is COC(=O)c1cc(F)c(N)c([C@@H]2CCCN2)c1. The van der Waals surface area contributed by atoms with Gasteiger partial charge in [-0.2, -0.15) is 0 Å². The molecule has 0 aromatic heterocycles. The van der Waals surface area contributed by atoms with Crippen LogP contribution in [-0.2, 0) is 4.74 Å². The molecule has 1 heterocycles. The number of nitrogens with one attached hydrogen (secondary N) is 1. The Labute approximate surface area is 98.9 Å². The zero-order valence-electron chi connectivity index (χ0n) is 9.63. The Kier molecular flexibility index (Phi) is 3.28. The number of halogens is 1. The van der Waals surface area contributed by atoms with Crippen LogP contribution in [0.2, 0.25) is 0 Å². The summed E-state index contributed by atoms with van der Waals surface area (Å²) in [5.74, 6) is -1.13. The second-order valence-electron chi connectivity index (χ2n) is 4.10. The summed E-state index contributed by atoms with van der Waals surface area (Å²) in [4.78, 5) is 11.4. The number of nitrogens with two attached hydrogens (primary N) is 1. The molecule has 0 radical (unpaired) electrons. The van der Waals surface area contributed by atoms with Gasteiger partial charge in [0.15, 0.2) is 0 Å². The van der Waals surface area contributed by atoms with Gasteiger partial charge in [-0.05, 0) is 37.1 Å². The first-order valence-corrected chi connectivity index (χ1v) is 5.54. The zero-order valence-corrected chi connectivity index (χ0v) is 9.63. The zero-order chi connectivity index (χ0) is 12.4. The smallest absolute Gasteiger partial charge is 0.337 e. The molecule has 1 atom stereocenters. The lowest BCUT2D eigenvalue weighted by atomic mass is 10.00. The van der Waals surface area contributed by atoms with Crippen molar-refractivity contribution in [3.05, 3.63) is 29.1 Å². The second kappa shape index (κ2) is 4.71. The number of hydrogen-bond acceptors (Lipinski definition) is 4. The minimum absolute atomic E-state index is 0.0223. The fourth-order valence-corrected chi connectivity index (χ4v) is 2.11. The van der Waals surface area contributed by atoms with Crippen molar-refractivity contribution < 1.29 is 13.9 Å². The molecule has 1 saturated heterocycles. The molecule has 0 amide bonds. The van der Waals surface area contributed by atoms with Gasteiger partial charge in [-0.1, -0.05) is 0 Å². The minimum atomic E-state index is -0.573. The standard InChI is InChI=1S/C12H15FN2O2/c1-17-12(16)7-5-8(10-3-2-4-15-10)11(14)9(13)6-7/h5-6,10,15H,2-4,14H2,1H3/t10-/m0/s1. The molecule has 1 aromatic carbocycles. The predicted octanol–water partition coefficient (Wildman–Crippen LogP) is 1.62. The van der Waals surface area contributed by atoms with Crippen molar-refractivity contribution in [3.63, 3.8) is 0 Å². The topological polar surface area (TPSA) is 64.3 Å². The molecule has 92 valence electrons. The number of hydrogen-bond donors (Lipinski definition) is 2. The van der Waals surface area contributed by atoms with E-state index < -0.39 is 11.8 Å². The number of carbonyl (C=O) groups excluding carboxylic acids is 1. The largest absolute Gasteiger partial charge is 0.465 e. The molecule has 0 unspecified atom stereocenters. The Balaban J connectivity index is 2.42. The molecule has 0 aliphatic carbocycles. The Hall–Kier alpha value is -1.62. The van der Waals surface area contributed by atoms with Gasteiger partial charge in [-0.25, -0.2) is 9.18 Å². The Morgan fingerprint density at radius 1 is 1.59 bits per heavy atom. The van der Waals surface area contributed by atoms with E-state index in [0.717, 1.165) is 25.5 Å². The molecule has 1 fully saturated rings. The van der Waals surface area contributed by atoms with Crippen LogP contribution < -0.4 is 11.1 Å². The quantitative estimate of drug-likeness (QED) is 0.607. The maximum absolute atomic E-state index is 13.6. The highest BCUT2D eigenvalue weighted by molar-refractivity contribution is 5.90. The first-order valence-electron chi connectivity index (χ1n) is 5.54. The van der Waals surface area contributed by atoms with Crippen LogP contribution >= 0.6 is 0 Å². The molecular weight excluding hydrogens is 223 g/mol. The van der Waals surface area contributed by atoms with E-state index >= 15 is 0 Å². The monoisotopic (exact) mass is 238 g/mol. The summed E-state index contributed by atoms with van der Waals surface area (Å²) in [6.45, 7) is 0.883. The third-order valence-corrected chi connectivity index (χ3v) is 3.02. The lowest BCUT2D eigenvalue weighted by molar-refractivity contribution is 0.0600. The van der Waals surface area contributed by atoms with Gasteiger partial charge in [0.1, 0.15) is 5.82 Å². The predicted molar refractivity (Wildman–Crippen MR) is 62.1 cm³/mol. The molecule has 5 heteroatoms. The van der Waals surface area contributed by atoms with Gasteiger partial charge in [-0.3, -0.25) is 0 Å². The van der Waals surface area contributed by atoms with E-state index in [4.69, 9.17) is 5.73 Å². The van der Waals surface area contributed by atoms with Crippen LogP contribution in [-0.4, -0.2) is 19.6 Å². The number of benzene rings is 1. The van der Waals surface area contributed by atoms with Crippen molar-refractivity contribution in [1.29, 1.82) is 0 Å². The van der Waals surface area contributed by atoms with E-state index in [2.05, 4.69) is 10.1 Å². The molecular formula is C12H15FN2O2.